The number of hydrogen-bond acceptors (Lipinski definition) is 5. The molecule has 8 heteroatoms. The van der Waals surface area contributed by atoms with E-state index in [4.69, 9.17) is 4.52 Å². The van der Waals surface area contributed by atoms with Crippen molar-refractivity contribution in [2.45, 2.75) is 44.1 Å². The summed E-state index contributed by atoms with van der Waals surface area (Å²) < 4.78 is 19.0. The van der Waals surface area contributed by atoms with E-state index in [1.54, 1.807) is 35.0 Å². The molecule has 1 aromatic carbocycles. The maximum atomic E-state index is 13.9. The number of halogens is 1. The van der Waals surface area contributed by atoms with Gasteiger partial charge >= 0.3 is 0 Å². The molecular weight excluding hydrogens is 363 g/mol. The fraction of sp³-hybridized carbons (Fsp3) is 0.500. The summed E-state index contributed by atoms with van der Waals surface area (Å²) in [5.74, 6) is -0.00454. The molecule has 2 aromatic rings. The lowest BCUT2D eigenvalue weighted by Crippen LogP contribution is -2.60. The first-order chi connectivity index (χ1) is 13.5. The van der Waals surface area contributed by atoms with Crippen LogP contribution in [0.3, 0.4) is 0 Å². The van der Waals surface area contributed by atoms with Crippen molar-refractivity contribution in [3.63, 3.8) is 0 Å². The molecule has 7 nitrogen and oxygen atoms in total. The van der Waals surface area contributed by atoms with E-state index < -0.39 is 11.4 Å². The Morgan fingerprint density at radius 1 is 1.25 bits per heavy atom. The highest BCUT2D eigenvalue weighted by Gasteiger charge is 2.51. The molecule has 0 N–H and O–H groups in total. The summed E-state index contributed by atoms with van der Waals surface area (Å²) in [5, 5.41) is 3.82. The molecule has 0 bridgehead atoms. The van der Waals surface area contributed by atoms with Crippen LogP contribution >= 0.6 is 0 Å². The number of amides is 2. The van der Waals surface area contributed by atoms with E-state index in [9.17, 15) is 14.0 Å². The largest absolute Gasteiger partial charge is 0.344 e. The zero-order valence-corrected chi connectivity index (χ0v) is 15.9. The maximum absolute atomic E-state index is 13.9. The number of likely N-dealkylation sites (N-methyl/N-ethyl adjacent to an activating group) is 1. The van der Waals surface area contributed by atoms with Crippen LogP contribution in [0.5, 0.6) is 0 Å². The topological polar surface area (TPSA) is 79.5 Å². The highest BCUT2D eigenvalue weighted by atomic mass is 19.1. The fourth-order valence-corrected chi connectivity index (χ4v) is 4.35. The van der Waals surface area contributed by atoms with Crippen LogP contribution in [0.25, 0.3) is 11.4 Å². The number of carbonyl (C=O) groups excluding carboxylic acids is 2. The average molecular weight is 386 g/mol. The number of rotatable bonds is 4. The molecule has 148 valence electrons. The third-order valence-electron chi connectivity index (χ3n) is 5.75. The van der Waals surface area contributed by atoms with Gasteiger partial charge in [0.25, 0.3) is 0 Å². The summed E-state index contributed by atoms with van der Waals surface area (Å²) in [4.78, 5) is 33.4. The minimum atomic E-state index is -0.683. The van der Waals surface area contributed by atoms with Gasteiger partial charge in [0.2, 0.25) is 23.5 Å². The van der Waals surface area contributed by atoms with Crippen molar-refractivity contribution in [2.24, 2.45) is 0 Å². The van der Waals surface area contributed by atoms with Crippen molar-refractivity contribution in [1.82, 2.24) is 19.9 Å². The first kappa shape index (κ1) is 18.6. The molecule has 2 amide bonds. The van der Waals surface area contributed by atoms with Crippen LogP contribution in [-0.4, -0.2) is 57.4 Å². The predicted molar refractivity (Wildman–Crippen MR) is 98.6 cm³/mol. The van der Waals surface area contributed by atoms with Gasteiger partial charge in [-0.05, 0) is 37.8 Å². The number of piperidine rings is 1. The van der Waals surface area contributed by atoms with Crippen LogP contribution in [0.2, 0.25) is 0 Å². The van der Waals surface area contributed by atoms with Crippen LogP contribution in [-0.2, 0) is 16.0 Å². The Kier molecular flexibility index (Phi) is 4.87. The number of aryl methyl sites for hydroxylation is 1. The SMILES string of the molecule is CN1CCCC2(CCCN2C(=O)CCc2nc(-c3ccccc3F)no2)C1=O. The summed E-state index contributed by atoms with van der Waals surface area (Å²) in [7, 11) is 1.80. The second-order valence-electron chi connectivity index (χ2n) is 7.50. The lowest BCUT2D eigenvalue weighted by molar-refractivity contribution is -0.154. The van der Waals surface area contributed by atoms with Crippen molar-refractivity contribution < 1.29 is 18.5 Å². The molecule has 1 spiro atoms. The van der Waals surface area contributed by atoms with Crippen LogP contribution < -0.4 is 0 Å². The number of nitrogens with zero attached hydrogens (tertiary/aromatic N) is 4. The fourth-order valence-electron chi connectivity index (χ4n) is 4.35. The average Bonchev–Trinajstić information content (AvgIpc) is 3.32. The van der Waals surface area contributed by atoms with Gasteiger partial charge in [-0.1, -0.05) is 17.3 Å². The van der Waals surface area contributed by atoms with Gasteiger partial charge in [0.05, 0.1) is 5.56 Å². The zero-order chi connectivity index (χ0) is 19.7. The van der Waals surface area contributed by atoms with E-state index in [1.807, 2.05) is 0 Å². The molecule has 4 rings (SSSR count). The van der Waals surface area contributed by atoms with Crippen LogP contribution in [0.15, 0.2) is 28.8 Å². The summed E-state index contributed by atoms with van der Waals surface area (Å²) >= 11 is 0. The Bertz CT molecular complexity index is 899. The second kappa shape index (κ2) is 7.33. The number of benzene rings is 1. The number of aromatic nitrogens is 2. The monoisotopic (exact) mass is 386 g/mol. The molecule has 0 radical (unpaired) electrons. The van der Waals surface area contributed by atoms with Gasteiger partial charge in [0, 0.05) is 33.0 Å². The highest BCUT2D eigenvalue weighted by Crippen LogP contribution is 2.38. The van der Waals surface area contributed by atoms with E-state index in [-0.39, 0.29) is 41.9 Å². The molecule has 2 fully saturated rings. The molecular formula is C20H23FN4O3. The Hall–Kier alpha value is -2.77. The molecule has 1 aromatic heterocycles. The number of hydrogen-bond donors (Lipinski definition) is 0. The van der Waals surface area contributed by atoms with Crippen molar-refractivity contribution in [3.8, 4) is 11.4 Å². The smallest absolute Gasteiger partial charge is 0.248 e. The molecule has 28 heavy (non-hydrogen) atoms. The van der Waals surface area contributed by atoms with E-state index >= 15 is 0 Å². The molecule has 2 saturated heterocycles. The van der Waals surface area contributed by atoms with Gasteiger partial charge in [-0.15, -0.1) is 0 Å². The van der Waals surface area contributed by atoms with E-state index in [2.05, 4.69) is 10.1 Å². The third-order valence-corrected chi connectivity index (χ3v) is 5.75. The number of likely N-dealkylation sites (tertiary alicyclic amines) is 2. The zero-order valence-electron chi connectivity index (χ0n) is 15.9. The van der Waals surface area contributed by atoms with Gasteiger partial charge in [0.1, 0.15) is 11.4 Å². The van der Waals surface area contributed by atoms with E-state index in [0.29, 0.717) is 6.54 Å². The highest BCUT2D eigenvalue weighted by molar-refractivity contribution is 5.92. The summed E-state index contributed by atoms with van der Waals surface area (Å²) in [6.45, 7) is 1.34. The summed E-state index contributed by atoms with van der Waals surface area (Å²) in [6.07, 6.45) is 3.62. The Morgan fingerprint density at radius 2 is 2.00 bits per heavy atom. The maximum Gasteiger partial charge on any atom is 0.248 e. The van der Waals surface area contributed by atoms with Crippen LogP contribution in [0.1, 0.15) is 38.0 Å². The molecule has 0 aliphatic carbocycles. The molecule has 2 aliphatic rings. The van der Waals surface area contributed by atoms with Crippen molar-refractivity contribution in [2.75, 3.05) is 20.1 Å². The Morgan fingerprint density at radius 3 is 2.79 bits per heavy atom. The van der Waals surface area contributed by atoms with E-state index in [0.717, 1.165) is 32.2 Å². The lowest BCUT2D eigenvalue weighted by atomic mass is 9.85. The normalized spacial score (nSPS) is 22.3. The van der Waals surface area contributed by atoms with Gasteiger partial charge in [-0.2, -0.15) is 4.98 Å². The van der Waals surface area contributed by atoms with Gasteiger partial charge in [0.15, 0.2) is 0 Å². The van der Waals surface area contributed by atoms with Crippen molar-refractivity contribution >= 4 is 11.8 Å². The van der Waals surface area contributed by atoms with Crippen molar-refractivity contribution in [3.05, 3.63) is 36.0 Å². The quantitative estimate of drug-likeness (QED) is 0.806. The molecule has 1 unspecified atom stereocenters. The van der Waals surface area contributed by atoms with Crippen LogP contribution in [0.4, 0.5) is 4.39 Å². The first-order valence-corrected chi connectivity index (χ1v) is 9.65. The summed E-state index contributed by atoms with van der Waals surface area (Å²) in [5.41, 5.74) is -0.421. The third kappa shape index (κ3) is 3.16. The minimum absolute atomic E-state index is 0.0456. The van der Waals surface area contributed by atoms with Gasteiger partial charge < -0.3 is 14.3 Å². The molecule has 3 heterocycles. The number of carbonyl (C=O) groups is 2. The molecule has 2 aliphatic heterocycles. The van der Waals surface area contributed by atoms with Gasteiger partial charge in [-0.3, -0.25) is 9.59 Å². The second-order valence-corrected chi connectivity index (χ2v) is 7.50. The molecule has 1 atom stereocenters. The minimum Gasteiger partial charge on any atom is -0.344 e. The lowest BCUT2D eigenvalue weighted by Gasteiger charge is -2.43. The van der Waals surface area contributed by atoms with E-state index in [1.165, 1.54) is 6.07 Å². The Labute approximate surface area is 162 Å². The summed E-state index contributed by atoms with van der Waals surface area (Å²) in [6, 6.07) is 6.20. The molecule has 0 saturated carbocycles. The van der Waals surface area contributed by atoms with Crippen LogP contribution in [0, 0.1) is 5.82 Å². The Balaban J connectivity index is 1.44. The first-order valence-electron chi connectivity index (χ1n) is 9.65. The predicted octanol–water partition coefficient (Wildman–Crippen LogP) is 2.42. The standard InChI is InChI=1S/C20H23FN4O3/c1-24-12-4-10-20(19(24)27)11-5-13-25(20)17(26)9-8-16-22-18(23-28-16)14-6-2-3-7-15(14)21/h2-3,6-7H,4-5,8-13H2,1H3. The van der Waals surface area contributed by atoms with Crippen molar-refractivity contribution in [1.29, 1.82) is 0 Å². The van der Waals surface area contributed by atoms with Gasteiger partial charge in [-0.25, -0.2) is 4.39 Å².